The highest BCUT2D eigenvalue weighted by Gasteiger charge is 2.45. The van der Waals surface area contributed by atoms with E-state index < -0.39 is 13.4 Å². The maximum atomic E-state index is 13.1. The number of methoxy groups -OCH3 is 2. The average Bonchev–Trinajstić information content (AvgIpc) is 2.96. The van der Waals surface area contributed by atoms with E-state index in [0.717, 1.165) is 5.56 Å². The van der Waals surface area contributed by atoms with Crippen molar-refractivity contribution in [2.24, 2.45) is 0 Å². The van der Waals surface area contributed by atoms with Crippen molar-refractivity contribution >= 4 is 13.5 Å². The zero-order chi connectivity index (χ0) is 18.4. The van der Waals surface area contributed by atoms with E-state index in [1.807, 2.05) is 12.1 Å². The van der Waals surface area contributed by atoms with E-state index in [0.29, 0.717) is 30.9 Å². The number of ether oxygens (including phenoxy) is 2. The molecule has 8 heteroatoms. The fourth-order valence-corrected chi connectivity index (χ4v) is 5.12. The van der Waals surface area contributed by atoms with Crippen LogP contribution in [0.5, 0.6) is 11.5 Å². The molecule has 0 aliphatic carbocycles. The van der Waals surface area contributed by atoms with Crippen LogP contribution in [0.4, 0.5) is 0 Å². The third-order valence-corrected chi connectivity index (χ3v) is 6.58. The van der Waals surface area contributed by atoms with Gasteiger partial charge in [0.15, 0.2) is 11.5 Å². The van der Waals surface area contributed by atoms with Crippen LogP contribution >= 0.6 is 7.60 Å². The molecule has 0 saturated carbocycles. The Morgan fingerprint density at radius 1 is 1.12 bits per heavy atom. The number of hydrogen-bond donors (Lipinski definition) is 0. The molecule has 1 fully saturated rings. The fraction of sp³-hybridized carbons (Fsp3) is 0.588. The molecule has 0 N–H and O–H groups in total. The predicted molar refractivity (Wildman–Crippen MR) is 94.0 cm³/mol. The maximum absolute atomic E-state index is 13.1. The Morgan fingerprint density at radius 3 is 2.32 bits per heavy atom. The van der Waals surface area contributed by atoms with Gasteiger partial charge < -0.3 is 23.4 Å². The first kappa shape index (κ1) is 19.8. The van der Waals surface area contributed by atoms with Gasteiger partial charge in [0.1, 0.15) is 5.78 Å². The smallest absolute Gasteiger partial charge is 0.352 e. The third-order valence-electron chi connectivity index (χ3n) is 4.08. The Bertz CT molecular complexity index is 640. The summed E-state index contributed by atoms with van der Waals surface area (Å²) in [5.74, 6) is 0.582. The number of rotatable bonds is 9. The summed E-state index contributed by atoms with van der Waals surface area (Å²) in [7, 11) is -0.256. The van der Waals surface area contributed by atoms with Crippen molar-refractivity contribution < 1.29 is 27.9 Å². The quantitative estimate of drug-likeness (QED) is 0.619. The molecule has 25 heavy (non-hydrogen) atoms. The largest absolute Gasteiger partial charge is 0.493 e. The first-order valence-electron chi connectivity index (χ1n) is 8.38. The highest BCUT2D eigenvalue weighted by molar-refractivity contribution is 7.54. The van der Waals surface area contributed by atoms with Gasteiger partial charge >= 0.3 is 7.60 Å². The van der Waals surface area contributed by atoms with Gasteiger partial charge in [-0.1, -0.05) is 6.07 Å². The van der Waals surface area contributed by atoms with Crippen LogP contribution in [0, 0.1) is 0 Å². The number of nitrogens with zero attached hydrogens (tertiary/aromatic N) is 1. The summed E-state index contributed by atoms with van der Waals surface area (Å²) in [6, 6.07) is 5.46. The second-order valence-corrected chi connectivity index (χ2v) is 7.80. The minimum Gasteiger partial charge on any atom is -0.493 e. The monoisotopic (exact) mass is 371 g/mol. The molecule has 7 nitrogen and oxygen atoms in total. The standard InChI is InChI=1S/C17H26NO6P/c1-5-23-25(20,24-6-2)17-10-9-16(19)18(17)12-13-7-8-14(21-3)15(11-13)22-4/h7-8,11,17H,5-6,9-10,12H2,1-4H3. The Kier molecular flexibility index (Phi) is 6.87. The van der Waals surface area contributed by atoms with Gasteiger partial charge in [-0.25, -0.2) is 0 Å². The Morgan fingerprint density at radius 2 is 1.76 bits per heavy atom. The van der Waals surface area contributed by atoms with E-state index in [9.17, 15) is 9.36 Å². The summed E-state index contributed by atoms with van der Waals surface area (Å²) in [5.41, 5.74) is 0.859. The lowest BCUT2D eigenvalue weighted by molar-refractivity contribution is -0.128. The molecular formula is C17H26NO6P. The van der Waals surface area contributed by atoms with Crippen LogP contribution in [-0.2, 0) is 25.0 Å². The zero-order valence-electron chi connectivity index (χ0n) is 15.2. The zero-order valence-corrected chi connectivity index (χ0v) is 16.1. The predicted octanol–water partition coefficient (Wildman–Crippen LogP) is 3.42. The summed E-state index contributed by atoms with van der Waals surface area (Å²) in [4.78, 5) is 14.0. The third kappa shape index (κ3) is 4.35. The molecule has 2 rings (SSSR count). The van der Waals surface area contributed by atoms with Gasteiger partial charge in [-0.3, -0.25) is 9.36 Å². The van der Waals surface area contributed by atoms with E-state index in [1.165, 1.54) is 0 Å². The van der Waals surface area contributed by atoms with Crippen molar-refractivity contribution in [3.8, 4) is 11.5 Å². The molecule has 0 radical (unpaired) electrons. The van der Waals surface area contributed by atoms with Gasteiger partial charge in [-0.05, 0) is 38.0 Å². The van der Waals surface area contributed by atoms with Crippen molar-refractivity contribution in [2.75, 3.05) is 27.4 Å². The number of hydrogen-bond acceptors (Lipinski definition) is 6. The second kappa shape index (κ2) is 8.70. The number of carbonyl (C=O) groups is 1. The van der Waals surface area contributed by atoms with E-state index in [2.05, 4.69) is 0 Å². The number of likely N-dealkylation sites (tertiary alicyclic amines) is 1. The average molecular weight is 371 g/mol. The van der Waals surface area contributed by atoms with Crippen LogP contribution < -0.4 is 9.47 Å². The first-order chi connectivity index (χ1) is 12.0. The molecule has 1 atom stereocenters. The van der Waals surface area contributed by atoms with Crippen molar-refractivity contribution in [3.05, 3.63) is 23.8 Å². The summed E-state index contributed by atoms with van der Waals surface area (Å²) in [5, 5.41) is 0. The van der Waals surface area contributed by atoms with Gasteiger partial charge in [0, 0.05) is 13.0 Å². The van der Waals surface area contributed by atoms with Crippen molar-refractivity contribution in [2.45, 2.75) is 39.0 Å². The lowest BCUT2D eigenvalue weighted by Gasteiger charge is -2.30. The normalized spacial score (nSPS) is 17.8. The number of carbonyl (C=O) groups excluding carboxylic acids is 1. The molecule has 1 aromatic rings. The van der Waals surface area contributed by atoms with Crippen LogP contribution in [-0.4, -0.2) is 44.0 Å². The Balaban J connectivity index is 2.26. The van der Waals surface area contributed by atoms with Crippen molar-refractivity contribution in [1.82, 2.24) is 4.90 Å². The van der Waals surface area contributed by atoms with Crippen LogP contribution in [0.1, 0.15) is 32.3 Å². The lowest BCUT2D eigenvalue weighted by atomic mass is 10.2. The van der Waals surface area contributed by atoms with Crippen LogP contribution in [0.2, 0.25) is 0 Å². The summed E-state index contributed by atoms with van der Waals surface area (Å²) < 4.78 is 34.5. The fourth-order valence-electron chi connectivity index (χ4n) is 2.99. The minimum absolute atomic E-state index is 0.0561. The molecule has 1 amide bonds. The molecule has 1 heterocycles. The molecule has 1 aliphatic heterocycles. The van der Waals surface area contributed by atoms with Gasteiger partial charge in [0.2, 0.25) is 5.91 Å². The van der Waals surface area contributed by atoms with Gasteiger partial charge in [-0.2, -0.15) is 0 Å². The van der Waals surface area contributed by atoms with Gasteiger partial charge in [0.05, 0.1) is 27.4 Å². The van der Waals surface area contributed by atoms with E-state index in [1.54, 1.807) is 39.0 Å². The topological polar surface area (TPSA) is 74.3 Å². The minimum atomic E-state index is -3.38. The Labute approximate surface area is 148 Å². The highest BCUT2D eigenvalue weighted by Crippen LogP contribution is 2.57. The SMILES string of the molecule is CCOP(=O)(OCC)C1CCC(=O)N1Cc1ccc(OC)c(OC)c1. The number of benzene rings is 1. The van der Waals surface area contributed by atoms with E-state index >= 15 is 0 Å². The molecule has 1 unspecified atom stereocenters. The molecular weight excluding hydrogens is 345 g/mol. The summed E-state index contributed by atoms with van der Waals surface area (Å²) >= 11 is 0. The van der Waals surface area contributed by atoms with Crippen LogP contribution in [0.15, 0.2) is 18.2 Å². The second-order valence-electron chi connectivity index (χ2n) is 5.61. The van der Waals surface area contributed by atoms with E-state index in [4.69, 9.17) is 18.5 Å². The number of amides is 1. The highest BCUT2D eigenvalue weighted by atomic mass is 31.2. The van der Waals surface area contributed by atoms with Gasteiger partial charge in [-0.15, -0.1) is 0 Å². The van der Waals surface area contributed by atoms with Crippen molar-refractivity contribution in [1.29, 1.82) is 0 Å². The van der Waals surface area contributed by atoms with Gasteiger partial charge in [0.25, 0.3) is 0 Å². The van der Waals surface area contributed by atoms with Crippen LogP contribution in [0.3, 0.4) is 0 Å². The molecule has 1 aromatic carbocycles. The molecule has 0 aromatic heterocycles. The molecule has 1 aliphatic rings. The van der Waals surface area contributed by atoms with Crippen molar-refractivity contribution in [3.63, 3.8) is 0 Å². The van der Waals surface area contributed by atoms with E-state index in [-0.39, 0.29) is 19.1 Å². The summed E-state index contributed by atoms with van der Waals surface area (Å²) in [6.07, 6.45) is 0.797. The molecule has 0 bridgehead atoms. The lowest BCUT2D eigenvalue weighted by Crippen LogP contribution is -2.33. The maximum Gasteiger partial charge on any atom is 0.352 e. The Hall–Kier alpha value is -1.56. The summed E-state index contributed by atoms with van der Waals surface area (Å²) in [6.45, 7) is 4.38. The molecule has 0 spiro atoms. The molecule has 1 saturated heterocycles. The molecule has 140 valence electrons. The first-order valence-corrected chi connectivity index (χ1v) is 9.99. The van der Waals surface area contributed by atoms with Crippen LogP contribution in [0.25, 0.3) is 0 Å².